The summed E-state index contributed by atoms with van der Waals surface area (Å²) >= 11 is 1.36. The van der Waals surface area contributed by atoms with Crippen LogP contribution < -0.4 is 0 Å². The molecule has 0 saturated carbocycles. The first-order chi connectivity index (χ1) is 8.54. The van der Waals surface area contributed by atoms with Crippen LogP contribution in [0.3, 0.4) is 0 Å². The Kier molecular flexibility index (Phi) is 3.99. The highest BCUT2D eigenvalue weighted by atomic mass is 32.1. The Balaban J connectivity index is 2.15. The van der Waals surface area contributed by atoms with Crippen molar-refractivity contribution in [3.8, 4) is 0 Å². The van der Waals surface area contributed by atoms with Gasteiger partial charge in [0.25, 0.3) is 5.91 Å². The molecule has 1 amide bonds. The molecule has 2 rings (SSSR count). The Morgan fingerprint density at radius 2 is 2.33 bits per heavy atom. The van der Waals surface area contributed by atoms with Gasteiger partial charge in [-0.3, -0.25) is 4.79 Å². The van der Waals surface area contributed by atoms with Gasteiger partial charge in [0.1, 0.15) is 11.0 Å². The minimum absolute atomic E-state index is 0.0557. The van der Waals surface area contributed by atoms with Crippen molar-refractivity contribution < 1.29 is 14.6 Å². The molecule has 6 heteroatoms. The van der Waals surface area contributed by atoms with Crippen LogP contribution in [-0.4, -0.2) is 53.3 Å². The van der Waals surface area contributed by atoms with E-state index in [1.54, 1.807) is 17.5 Å². The Bertz CT molecular complexity index is 433. The molecule has 100 valence electrons. The van der Waals surface area contributed by atoms with Gasteiger partial charge in [0, 0.05) is 20.2 Å². The van der Waals surface area contributed by atoms with E-state index < -0.39 is 6.10 Å². The Labute approximate surface area is 110 Å². The van der Waals surface area contributed by atoms with E-state index in [-0.39, 0.29) is 17.9 Å². The maximum absolute atomic E-state index is 12.4. The van der Waals surface area contributed by atoms with Crippen LogP contribution in [0, 0.1) is 0 Å². The number of aliphatic hydroxyl groups excluding tert-OH is 1. The molecule has 2 atom stereocenters. The van der Waals surface area contributed by atoms with Crippen LogP contribution in [0.1, 0.15) is 35.1 Å². The molecule has 5 nitrogen and oxygen atoms in total. The molecule has 18 heavy (non-hydrogen) atoms. The number of carbonyl (C=O) groups excluding carboxylic acids is 1. The highest BCUT2D eigenvalue weighted by molar-refractivity contribution is 7.11. The fraction of sp³-hybridized carbons (Fsp3) is 0.667. The van der Waals surface area contributed by atoms with Crippen LogP contribution in [0.15, 0.2) is 5.51 Å². The van der Waals surface area contributed by atoms with Gasteiger partial charge in [0.2, 0.25) is 0 Å². The summed E-state index contributed by atoms with van der Waals surface area (Å²) in [4.78, 5) is 18.9. The maximum atomic E-state index is 12.4. The van der Waals surface area contributed by atoms with Crippen molar-refractivity contribution in [3.05, 3.63) is 16.1 Å². The molecule has 0 spiro atoms. The van der Waals surface area contributed by atoms with E-state index in [0.717, 1.165) is 5.69 Å². The first-order valence-corrected chi connectivity index (χ1v) is 6.86. The van der Waals surface area contributed by atoms with E-state index in [4.69, 9.17) is 4.74 Å². The van der Waals surface area contributed by atoms with E-state index >= 15 is 0 Å². The van der Waals surface area contributed by atoms with Gasteiger partial charge in [-0.1, -0.05) is 13.8 Å². The molecule has 0 bridgehead atoms. The van der Waals surface area contributed by atoms with Crippen molar-refractivity contribution >= 4 is 17.2 Å². The number of nitrogens with zero attached hydrogens (tertiary/aromatic N) is 2. The largest absolute Gasteiger partial charge is 0.388 e. The lowest BCUT2D eigenvalue weighted by Gasteiger charge is -2.16. The molecule has 0 aliphatic carbocycles. The van der Waals surface area contributed by atoms with E-state index in [1.807, 2.05) is 13.8 Å². The van der Waals surface area contributed by atoms with Crippen molar-refractivity contribution in [3.63, 3.8) is 0 Å². The number of aliphatic hydroxyl groups is 1. The molecule has 1 fully saturated rings. The molecule has 1 N–H and O–H groups in total. The normalized spacial score (nSPS) is 23.9. The number of carbonyl (C=O) groups is 1. The lowest BCUT2D eigenvalue weighted by Crippen LogP contribution is -2.30. The number of thiazole rings is 1. The predicted molar refractivity (Wildman–Crippen MR) is 68.9 cm³/mol. The molecule has 1 aromatic heterocycles. The second-order valence-corrected chi connectivity index (χ2v) is 5.63. The molecule has 2 heterocycles. The van der Waals surface area contributed by atoms with Gasteiger partial charge in [0.05, 0.1) is 17.3 Å². The molecule has 0 unspecified atom stereocenters. The van der Waals surface area contributed by atoms with Crippen LogP contribution in [-0.2, 0) is 4.74 Å². The highest BCUT2D eigenvalue weighted by Gasteiger charge is 2.35. The van der Waals surface area contributed by atoms with Gasteiger partial charge < -0.3 is 14.7 Å². The Hall–Kier alpha value is -0.980. The summed E-state index contributed by atoms with van der Waals surface area (Å²) in [5, 5.41) is 9.75. The number of amides is 1. The van der Waals surface area contributed by atoms with Gasteiger partial charge >= 0.3 is 0 Å². The van der Waals surface area contributed by atoms with Crippen molar-refractivity contribution in [2.24, 2.45) is 0 Å². The molecule has 1 saturated heterocycles. The predicted octanol–water partition coefficient (Wildman–Crippen LogP) is 1.10. The molecule has 1 aliphatic rings. The first kappa shape index (κ1) is 13.5. The Morgan fingerprint density at radius 1 is 1.61 bits per heavy atom. The van der Waals surface area contributed by atoms with Crippen molar-refractivity contribution in [1.82, 2.24) is 9.88 Å². The molecule has 1 aromatic rings. The van der Waals surface area contributed by atoms with Crippen molar-refractivity contribution in [1.29, 1.82) is 0 Å². The summed E-state index contributed by atoms with van der Waals surface area (Å²) in [6.07, 6.45) is -0.890. The average molecular weight is 270 g/mol. The van der Waals surface area contributed by atoms with Crippen LogP contribution in [0.4, 0.5) is 0 Å². The number of hydrogen-bond donors (Lipinski definition) is 1. The summed E-state index contributed by atoms with van der Waals surface area (Å²) in [5.41, 5.74) is 2.53. The minimum Gasteiger partial charge on any atom is -0.388 e. The topological polar surface area (TPSA) is 62.7 Å². The van der Waals surface area contributed by atoms with E-state index in [9.17, 15) is 9.90 Å². The SMILES string of the molecule is CO[C@@H]1CN(C(=O)c2scnc2C(C)C)C[C@H]1O. The second-order valence-electron chi connectivity index (χ2n) is 4.77. The Morgan fingerprint density at radius 3 is 2.89 bits per heavy atom. The third-order valence-corrected chi connectivity index (χ3v) is 3.99. The monoisotopic (exact) mass is 270 g/mol. The number of hydrogen-bond acceptors (Lipinski definition) is 5. The summed E-state index contributed by atoms with van der Waals surface area (Å²) in [5.74, 6) is 0.167. The number of ether oxygens (including phenoxy) is 1. The highest BCUT2D eigenvalue weighted by Crippen LogP contribution is 2.25. The number of likely N-dealkylation sites (tertiary alicyclic amines) is 1. The van der Waals surface area contributed by atoms with E-state index in [2.05, 4.69) is 4.98 Å². The molecule has 1 aliphatic heterocycles. The molecule has 0 aromatic carbocycles. The standard InChI is InChI=1S/C12H18N2O3S/c1-7(2)10-11(18-6-13-10)12(16)14-4-8(15)9(5-14)17-3/h6-9,15H,4-5H2,1-3H3/t8-,9-/m1/s1. The van der Waals surface area contributed by atoms with Gasteiger partial charge in [-0.15, -0.1) is 11.3 Å². The van der Waals surface area contributed by atoms with Crippen molar-refractivity contribution in [2.45, 2.75) is 32.0 Å². The zero-order valence-electron chi connectivity index (χ0n) is 10.8. The lowest BCUT2D eigenvalue weighted by molar-refractivity contribution is 0.0215. The van der Waals surface area contributed by atoms with Gasteiger partial charge in [-0.2, -0.15) is 0 Å². The quantitative estimate of drug-likeness (QED) is 0.893. The van der Waals surface area contributed by atoms with Crippen molar-refractivity contribution in [2.75, 3.05) is 20.2 Å². The number of β-amino-alcohol motifs (C(OH)–C–C–N with tert-alkyl or cyclic N) is 1. The summed E-state index contributed by atoms with van der Waals surface area (Å²) in [7, 11) is 1.55. The van der Waals surface area contributed by atoms with Crippen LogP contribution >= 0.6 is 11.3 Å². The molecular formula is C12H18N2O3S. The van der Waals surface area contributed by atoms with Crippen LogP contribution in [0.25, 0.3) is 0 Å². The molecule has 0 radical (unpaired) electrons. The molecular weight excluding hydrogens is 252 g/mol. The van der Waals surface area contributed by atoms with Gasteiger partial charge in [0.15, 0.2) is 0 Å². The zero-order valence-corrected chi connectivity index (χ0v) is 11.6. The minimum atomic E-state index is -0.602. The number of aromatic nitrogens is 1. The summed E-state index contributed by atoms with van der Waals surface area (Å²) in [6.45, 7) is 4.80. The third kappa shape index (κ3) is 2.41. The summed E-state index contributed by atoms with van der Waals surface area (Å²) in [6, 6.07) is 0. The van der Waals surface area contributed by atoms with Crippen LogP contribution in [0.5, 0.6) is 0 Å². The fourth-order valence-corrected chi connectivity index (χ4v) is 3.03. The van der Waals surface area contributed by atoms with Crippen LogP contribution in [0.2, 0.25) is 0 Å². The maximum Gasteiger partial charge on any atom is 0.266 e. The van der Waals surface area contributed by atoms with Gasteiger partial charge in [-0.25, -0.2) is 4.98 Å². The number of rotatable bonds is 3. The van der Waals surface area contributed by atoms with E-state index in [0.29, 0.717) is 18.0 Å². The van der Waals surface area contributed by atoms with Gasteiger partial charge in [-0.05, 0) is 5.92 Å². The lowest BCUT2D eigenvalue weighted by atomic mass is 10.1. The second kappa shape index (κ2) is 5.34. The third-order valence-electron chi connectivity index (χ3n) is 3.16. The first-order valence-electron chi connectivity index (χ1n) is 5.98. The smallest absolute Gasteiger partial charge is 0.266 e. The fourth-order valence-electron chi connectivity index (χ4n) is 2.12. The van der Waals surface area contributed by atoms with E-state index in [1.165, 1.54) is 11.3 Å². The zero-order chi connectivity index (χ0) is 13.3. The average Bonchev–Trinajstić information content (AvgIpc) is 2.93. The summed E-state index contributed by atoms with van der Waals surface area (Å²) < 4.78 is 5.14. The number of methoxy groups -OCH3 is 1.